The summed E-state index contributed by atoms with van der Waals surface area (Å²) in [6.45, 7) is 0. The van der Waals surface area contributed by atoms with Crippen LogP contribution in [-0.4, -0.2) is 64.4 Å². The van der Waals surface area contributed by atoms with Gasteiger partial charge >= 0.3 is 40.6 Å². The first-order valence-electron chi connectivity index (χ1n) is 1.00. The molecule has 0 aliphatic heterocycles. The van der Waals surface area contributed by atoms with Gasteiger partial charge in [0.2, 0.25) is 0 Å². The zero-order valence-corrected chi connectivity index (χ0v) is 7.81. The van der Waals surface area contributed by atoms with E-state index in [1.54, 1.807) is 0 Å². The molecular formula is H2CaO6S2. The zero-order chi connectivity index (χ0) is 7.15. The van der Waals surface area contributed by atoms with Crippen LogP contribution in [0.3, 0.4) is 0 Å². The Morgan fingerprint density at radius 2 is 0.889 bits per heavy atom. The Kier molecular flexibility index (Phi) is 22.6. The van der Waals surface area contributed by atoms with Crippen LogP contribution < -0.4 is 0 Å². The van der Waals surface area contributed by atoms with Gasteiger partial charge in [-0.1, -0.05) is 0 Å². The molecule has 9 heteroatoms. The van der Waals surface area contributed by atoms with Crippen molar-refractivity contribution in [1.82, 2.24) is 0 Å². The normalized spacial score (nSPS) is 7.78. The van der Waals surface area contributed by atoms with E-state index in [9.17, 15) is 0 Å². The third-order valence-corrected chi connectivity index (χ3v) is 0. The van der Waals surface area contributed by atoms with Crippen molar-refractivity contribution in [3.63, 3.8) is 0 Å². The molecule has 52 valence electrons. The molecule has 6 nitrogen and oxygen atoms in total. The largest absolute Gasteiger partial charge is 2.00 e. The minimum atomic E-state index is -3.11. The molecule has 0 unspecified atom stereocenters. The van der Waals surface area contributed by atoms with Gasteiger partial charge in [-0.15, -0.1) is 22.7 Å². The Balaban J connectivity index is -0.0000000171. The first-order valence-corrected chi connectivity index (χ1v) is 3.00. The number of rotatable bonds is 0. The van der Waals surface area contributed by atoms with Gasteiger partial charge in [-0.25, -0.2) is 0 Å². The average Bonchev–Trinajstić information content (AvgIpc) is 1.25. The minimum Gasteiger partial charge on any atom is -0.784 e. The second-order valence-corrected chi connectivity index (χ2v) is 1.22. The molecular weight excluding hydrogens is 200 g/mol. The summed E-state index contributed by atoms with van der Waals surface area (Å²) < 4.78 is 50.7. The second-order valence-electron chi connectivity index (χ2n) is 0.408. The second kappa shape index (κ2) is 12.1. The maximum atomic E-state index is 8.44. The topological polar surface area (TPSA) is 126 Å². The number of hydrogen-bond acceptors (Lipinski definition) is 6. The summed E-state index contributed by atoms with van der Waals surface area (Å²) in [4.78, 5) is 0. The van der Waals surface area contributed by atoms with E-state index < -0.39 is 22.7 Å². The molecule has 0 aromatic rings. The fourth-order valence-corrected chi connectivity index (χ4v) is 0. The standard InChI is InChI=1S/Ca.2H2O3S/c;2*1-4(2)3/h;2*(H2,1,2,3)/q+2;;/p-2. The van der Waals surface area contributed by atoms with E-state index >= 15 is 0 Å². The van der Waals surface area contributed by atoms with E-state index in [2.05, 4.69) is 0 Å². The van der Waals surface area contributed by atoms with E-state index in [0.717, 1.165) is 0 Å². The molecule has 0 aromatic heterocycles. The summed E-state index contributed by atoms with van der Waals surface area (Å²) in [6.07, 6.45) is 0. The maximum Gasteiger partial charge on any atom is 2.00 e. The van der Waals surface area contributed by atoms with Crippen LogP contribution in [0, 0.1) is 0 Å². The van der Waals surface area contributed by atoms with Crippen molar-refractivity contribution < 1.29 is 29.5 Å². The monoisotopic (exact) mass is 202 g/mol. The Hall–Kier alpha value is 1.40. The van der Waals surface area contributed by atoms with Gasteiger partial charge in [-0.3, -0.25) is 8.42 Å². The van der Waals surface area contributed by atoms with Crippen molar-refractivity contribution in [3.05, 3.63) is 0 Å². The maximum absolute atomic E-state index is 8.44. The molecule has 0 aromatic carbocycles. The Labute approximate surface area is 89.2 Å². The molecule has 0 atom stereocenters. The summed E-state index contributed by atoms with van der Waals surface area (Å²) >= 11 is -6.22. The molecule has 0 N–H and O–H groups in total. The van der Waals surface area contributed by atoms with Crippen molar-refractivity contribution in [2.24, 2.45) is 0 Å². The Morgan fingerprint density at radius 3 is 0.889 bits per heavy atom. The van der Waals surface area contributed by atoms with Gasteiger partial charge in [-0.2, -0.15) is 0 Å². The fraction of sp³-hybridized carbons (Fsp3) is 0. The van der Waals surface area contributed by atoms with Crippen molar-refractivity contribution >= 4 is 60.5 Å². The molecule has 9 heavy (non-hydrogen) atoms. The van der Waals surface area contributed by atoms with Gasteiger partial charge in [0.05, 0.1) is 0 Å². The molecule has 0 saturated heterocycles. The van der Waals surface area contributed by atoms with Gasteiger partial charge in [0.15, 0.2) is 0 Å². The van der Waals surface area contributed by atoms with Crippen LogP contribution in [0.4, 0.5) is 0 Å². The quantitative estimate of drug-likeness (QED) is 0.325. The van der Waals surface area contributed by atoms with Crippen LogP contribution in [0.2, 0.25) is 0 Å². The predicted octanol–water partition coefficient (Wildman–Crippen LogP) is -2.16. The number of hydrogen-bond donors (Lipinski definition) is 0. The molecule has 0 saturated carbocycles. The Bertz CT molecular complexity index is 76.6. The van der Waals surface area contributed by atoms with E-state index in [0.29, 0.717) is 0 Å². The molecule has 0 bridgehead atoms. The zero-order valence-electron chi connectivity index (χ0n) is 5.97. The third-order valence-electron chi connectivity index (χ3n) is 0. The van der Waals surface area contributed by atoms with E-state index in [4.69, 9.17) is 26.6 Å². The van der Waals surface area contributed by atoms with Crippen molar-refractivity contribution in [3.8, 4) is 0 Å². The van der Waals surface area contributed by atoms with Crippen LogP contribution in [0.25, 0.3) is 0 Å². The summed E-state index contributed by atoms with van der Waals surface area (Å²) in [5, 5.41) is 0. The van der Waals surface area contributed by atoms with Crippen LogP contribution >= 0.6 is 0 Å². The van der Waals surface area contributed by atoms with Gasteiger partial charge in [0.25, 0.3) is 0 Å². The molecule has 0 aliphatic rings. The van der Waals surface area contributed by atoms with Gasteiger partial charge in [-0.05, 0) is 0 Å². The van der Waals surface area contributed by atoms with Gasteiger partial charge in [0, 0.05) is 0 Å². The average molecular weight is 202 g/mol. The van der Waals surface area contributed by atoms with E-state index in [-0.39, 0.29) is 40.6 Å². The molecule has 0 aliphatic carbocycles. The van der Waals surface area contributed by atoms with Crippen LogP contribution in [0.1, 0.15) is 2.85 Å². The van der Waals surface area contributed by atoms with Crippen molar-refractivity contribution in [2.45, 2.75) is 0 Å². The van der Waals surface area contributed by atoms with E-state index in [1.165, 1.54) is 0 Å². The SMILES string of the molecule is O=S([O-])[O-].O=S([O-])[O-].[Ca+2].[H+].[H+]. The molecule has 0 radical (unpaired) electrons. The summed E-state index contributed by atoms with van der Waals surface area (Å²) in [5.41, 5.74) is 0. The summed E-state index contributed by atoms with van der Waals surface area (Å²) in [6, 6.07) is 0. The molecule has 0 amide bonds. The fourth-order valence-electron chi connectivity index (χ4n) is 0. The van der Waals surface area contributed by atoms with Crippen LogP contribution in [-0.2, 0) is 22.7 Å². The van der Waals surface area contributed by atoms with Crippen LogP contribution in [0.15, 0.2) is 0 Å². The molecule has 0 spiro atoms. The molecule has 0 rings (SSSR count). The minimum absolute atomic E-state index is 0. The Morgan fingerprint density at radius 1 is 0.889 bits per heavy atom. The molecule has 0 fully saturated rings. The van der Waals surface area contributed by atoms with Crippen molar-refractivity contribution in [1.29, 1.82) is 0 Å². The van der Waals surface area contributed by atoms with Crippen molar-refractivity contribution in [2.75, 3.05) is 0 Å². The van der Waals surface area contributed by atoms with Crippen LogP contribution in [0.5, 0.6) is 0 Å². The first-order chi connectivity index (χ1) is 3.46. The smallest absolute Gasteiger partial charge is 0.784 e. The van der Waals surface area contributed by atoms with Gasteiger partial charge in [0.1, 0.15) is 0 Å². The first kappa shape index (κ1) is 16.8. The summed E-state index contributed by atoms with van der Waals surface area (Å²) in [5.74, 6) is 0. The predicted molar refractivity (Wildman–Crippen MR) is 27.4 cm³/mol. The third kappa shape index (κ3) is 263. The molecule has 0 heterocycles. The van der Waals surface area contributed by atoms with E-state index in [1.807, 2.05) is 0 Å². The summed E-state index contributed by atoms with van der Waals surface area (Å²) in [7, 11) is 0. The van der Waals surface area contributed by atoms with Gasteiger partial charge < -0.3 is 18.2 Å².